The second-order valence-electron chi connectivity index (χ2n) is 4.32. The predicted octanol–water partition coefficient (Wildman–Crippen LogP) is 4.01. The van der Waals surface area contributed by atoms with Crippen LogP contribution in [0, 0.1) is 13.8 Å². The molecule has 0 saturated carbocycles. The van der Waals surface area contributed by atoms with E-state index in [1.807, 2.05) is 11.3 Å². The van der Waals surface area contributed by atoms with Gasteiger partial charge in [0, 0.05) is 13.3 Å². The standard InChI is InChI=1S/C13H24NS/c1-4-5-6-7-8-9-10-14-11-12(2)15-13(14)3/h11H,4-10H2,1-3H3/q+1. The number of hydrogen-bond acceptors (Lipinski definition) is 1. The topological polar surface area (TPSA) is 3.88 Å². The maximum Gasteiger partial charge on any atom is 0.234 e. The van der Waals surface area contributed by atoms with Gasteiger partial charge in [-0.3, -0.25) is 0 Å². The van der Waals surface area contributed by atoms with E-state index < -0.39 is 0 Å². The first-order chi connectivity index (χ1) is 7.24. The smallest absolute Gasteiger partial charge is 0.193 e. The molecule has 1 rings (SSSR count). The van der Waals surface area contributed by atoms with Crippen molar-refractivity contribution in [3.8, 4) is 0 Å². The second kappa shape index (κ2) is 7.00. The highest BCUT2D eigenvalue weighted by molar-refractivity contribution is 7.11. The van der Waals surface area contributed by atoms with Gasteiger partial charge in [-0.05, 0) is 13.3 Å². The third-order valence-electron chi connectivity index (χ3n) is 2.80. The molecule has 0 aliphatic carbocycles. The van der Waals surface area contributed by atoms with Gasteiger partial charge in [-0.15, -0.1) is 0 Å². The number of rotatable bonds is 7. The number of hydrogen-bond donors (Lipinski definition) is 0. The van der Waals surface area contributed by atoms with Gasteiger partial charge in [0.05, 0.1) is 4.88 Å². The Hall–Kier alpha value is -0.370. The first-order valence-corrected chi connectivity index (χ1v) is 7.02. The number of nitrogens with zero attached hydrogens (tertiary/aromatic N) is 1. The Morgan fingerprint density at radius 1 is 1.07 bits per heavy atom. The zero-order chi connectivity index (χ0) is 11.1. The molecule has 1 heterocycles. The molecule has 0 aromatic carbocycles. The fourth-order valence-corrected chi connectivity index (χ4v) is 2.82. The minimum Gasteiger partial charge on any atom is -0.193 e. The Kier molecular flexibility index (Phi) is 5.92. The Morgan fingerprint density at radius 3 is 2.33 bits per heavy atom. The van der Waals surface area contributed by atoms with Crippen molar-refractivity contribution in [1.82, 2.24) is 0 Å². The SMILES string of the molecule is CCCCCCCC[n+]1cc(C)sc1C. The van der Waals surface area contributed by atoms with Gasteiger partial charge in [0.1, 0.15) is 6.54 Å². The molecule has 0 N–H and O–H groups in total. The van der Waals surface area contributed by atoms with E-state index in [9.17, 15) is 0 Å². The summed E-state index contributed by atoms with van der Waals surface area (Å²) in [5, 5.41) is 1.45. The summed E-state index contributed by atoms with van der Waals surface area (Å²) < 4.78 is 2.40. The number of aromatic nitrogens is 1. The highest BCUT2D eigenvalue weighted by Crippen LogP contribution is 2.09. The fraction of sp³-hybridized carbons (Fsp3) is 0.769. The van der Waals surface area contributed by atoms with Gasteiger partial charge in [0.15, 0.2) is 6.20 Å². The molecule has 0 aliphatic rings. The highest BCUT2D eigenvalue weighted by Gasteiger charge is 2.09. The molecule has 86 valence electrons. The first-order valence-electron chi connectivity index (χ1n) is 6.20. The van der Waals surface area contributed by atoms with Crippen LogP contribution in [-0.2, 0) is 6.54 Å². The largest absolute Gasteiger partial charge is 0.234 e. The summed E-state index contributed by atoms with van der Waals surface area (Å²) >= 11 is 1.90. The van der Waals surface area contributed by atoms with Crippen LogP contribution in [0.15, 0.2) is 6.20 Å². The van der Waals surface area contributed by atoms with Gasteiger partial charge >= 0.3 is 0 Å². The van der Waals surface area contributed by atoms with Crippen LogP contribution < -0.4 is 4.57 Å². The van der Waals surface area contributed by atoms with Crippen molar-refractivity contribution in [2.24, 2.45) is 0 Å². The summed E-state index contributed by atoms with van der Waals surface area (Å²) in [7, 11) is 0. The Bertz CT molecular complexity index is 278. The number of thiazole rings is 1. The highest BCUT2D eigenvalue weighted by atomic mass is 32.1. The summed E-state index contributed by atoms with van der Waals surface area (Å²) in [5.41, 5.74) is 0. The van der Waals surface area contributed by atoms with E-state index in [1.54, 1.807) is 0 Å². The van der Waals surface area contributed by atoms with Crippen molar-refractivity contribution in [1.29, 1.82) is 0 Å². The van der Waals surface area contributed by atoms with Crippen LogP contribution in [0.25, 0.3) is 0 Å². The van der Waals surface area contributed by atoms with Crippen LogP contribution in [0.2, 0.25) is 0 Å². The van der Waals surface area contributed by atoms with Crippen LogP contribution >= 0.6 is 11.3 Å². The molecule has 1 nitrogen and oxygen atoms in total. The minimum atomic E-state index is 1.21. The molecule has 0 unspecified atom stereocenters. The molecular formula is C13H24NS+. The molecule has 0 spiro atoms. The summed E-state index contributed by atoms with van der Waals surface area (Å²) in [5.74, 6) is 0. The average molecular weight is 226 g/mol. The predicted molar refractivity (Wildman–Crippen MR) is 67.4 cm³/mol. The van der Waals surface area contributed by atoms with E-state index in [2.05, 4.69) is 31.5 Å². The Morgan fingerprint density at radius 2 is 1.73 bits per heavy atom. The van der Waals surface area contributed by atoms with Gasteiger partial charge in [-0.25, -0.2) is 0 Å². The van der Waals surface area contributed by atoms with E-state index in [-0.39, 0.29) is 0 Å². The zero-order valence-corrected chi connectivity index (χ0v) is 11.2. The molecule has 0 fully saturated rings. The van der Waals surface area contributed by atoms with Crippen molar-refractivity contribution in [3.05, 3.63) is 16.1 Å². The maximum atomic E-state index is 2.40. The van der Waals surface area contributed by atoms with Gasteiger partial charge in [0.25, 0.3) is 0 Å². The number of aryl methyl sites for hydroxylation is 3. The van der Waals surface area contributed by atoms with Gasteiger partial charge in [-0.1, -0.05) is 43.9 Å². The van der Waals surface area contributed by atoms with E-state index in [1.165, 1.54) is 55.0 Å². The van der Waals surface area contributed by atoms with Crippen LogP contribution in [0.4, 0.5) is 0 Å². The first kappa shape index (κ1) is 12.7. The normalized spacial score (nSPS) is 10.9. The summed E-state index contributed by atoms with van der Waals surface area (Å²) in [6.45, 7) is 7.89. The summed E-state index contributed by atoms with van der Waals surface area (Å²) in [6, 6.07) is 0. The quantitative estimate of drug-likeness (QED) is 0.488. The van der Waals surface area contributed by atoms with E-state index in [0.717, 1.165) is 0 Å². The molecule has 1 aromatic rings. The lowest BCUT2D eigenvalue weighted by Gasteiger charge is -1.97. The van der Waals surface area contributed by atoms with Crippen molar-refractivity contribution >= 4 is 11.3 Å². The van der Waals surface area contributed by atoms with Crippen molar-refractivity contribution in [2.75, 3.05) is 0 Å². The van der Waals surface area contributed by atoms with Crippen molar-refractivity contribution in [2.45, 2.75) is 65.8 Å². The molecule has 0 amide bonds. The maximum absolute atomic E-state index is 2.40. The lowest BCUT2D eigenvalue weighted by Crippen LogP contribution is -2.33. The van der Waals surface area contributed by atoms with Crippen LogP contribution in [0.1, 0.15) is 55.3 Å². The molecule has 0 bridgehead atoms. The van der Waals surface area contributed by atoms with Crippen LogP contribution in [0.5, 0.6) is 0 Å². The molecule has 0 saturated heterocycles. The Labute approximate surface area is 98.2 Å². The van der Waals surface area contributed by atoms with E-state index >= 15 is 0 Å². The zero-order valence-electron chi connectivity index (χ0n) is 10.4. The molecule has 15 heavy (non-hydrogen) atoms. The monoisotopic (exact) mass is 226 g/mol. The van der Waals surface area contributed by atoms with Gasteiger partial charge < -0.3 is 0 Å². The lowest BCUT2D eigenvalue weighted by atomic mass is 10.1. The van der Waals surface area contributed by atoms with Gasteiger partial charge in [-0.2, -0.15) is 4.57 Å². The summed E-state index contributed by atoms with van der Waals surface area (Å²) in [6.07, 6.45) is 10.6. The van der Waals surface area contributed by atoms with Crippen LogP contribution in [0.3, 0.4) is 0 Å². The van der Waals surface area contributed by atoms with Gasteiger partial charge in [0.2, 0.25) is 5.01 Å². The molecule has 2 heteroatoms. The average Bonchev–Trinajstić information content (AvgIpc) is 2.51. The number of unbranched alkanes of at least 4 members (excludes halogenated alkanes) is 5. The van der Waals surface area contributed by atoms with Crippen molar-refractivity contribution in [3.63, 3.8) is 0 Å². The molecule has 1 aromatic heterocycles. The fourth-order valence-electron chi connectivity index (χ4n) is 1.91. The van der Waals surface area contributed by atoms with Crippen molar-refractivity contribution < 1.29 is 4.57 Å². The lowest BCUT2D eigenvalue weighted by molar-refractivity contribution is -0.698. The third-order valence-corrected chi connectivity index (χ3v) is 3.76. The third kappa shape index (κ3) is 4.78. The molecular weight excluding hydrogens is 202 g/mol. The Balaban J connectivity index is 2.12. The summed E-state index contributed by atoms with van der Waals surface area (Å²) in [4.78, 5) is 1.43. The van der Waals surface area contributed by atoms with E-state index in [0.29, 0.717) is 0 Å². The van der Waals surface area contributed by atoms with Crippen LogP contribution in [-0.4, -0.2) is 0 Å². The molecule has 0 aliphatic heterocycles. The molecule has 0 atom stereocenters. The minimum absolute atomic E-state index is 1.21. The molecule has 0 radical (unpaired) electrons. The second-order valence-corrected chi connectivity index (χ2v) is 5.76. The van der Waals surface area contributed by atoms with E-state index in [4.69, 9.17) is 0 Å².